The second-order valence-corrected chi connectivity index (χ2v) is 10.8. The first-order chi connectivity index (χ1) is 10.9. The van der Waals surface area contributed by atoms with Crippen molar-refractivity contribution in [3.05, 3.63) is 0 Å². The Morgan fingerprint density at radius 2 is 0.682 bits per heavy atom. The molecule has 0 rings (SSSR count). The summed E-state index contributed by atoms with van der Waals surface area (Å²) >= 11 is 17.0. The van der Waals surface area contributed by atoms with E-state index in [9.17, 15) is 0 Å². The third kappa shape index (κ3) is 22.1. The molecule has 0 amide bonds. The first kappa shape index (κ1) is 24.1. The minimum atomic E-state index is 1.04. The summed E-state index contributed by atoms with van der Waals surface area (Å²) in [4.78, 5) is 0. The highest BCUT2D eigenvalue weighted by molar-refractivity contribution is 8.00. The van der Waals surface area contributed by atoms with Gasteiger partial charge >= 0.3 is 0 Å². The predicted molar refractivity (Wildman–Crippen MR) is 125 cm³/mol. The molecular weight excluding hydrogens is 385 g/mol. The van der Waals surface area contributed by atoms with E-state index in [0.717, 1.165) is 11.5 Å². The van der Waals surface area contributed by atoms with Gasteiger partial charge in [-0.05, 0) is 96.1 Å². The number of thiol groups is 2. The molecular formula is C16H34S6. The number of rotatable bonds is 19. The normalized spacial score (nSPS) is 11.2. The highest BCUT2D eigenvalue weighted by Crippen LogP contribution is 2.14. The predicted octanol–water partition coefficient (Wildman–Crippen LogP) is 6.12. The monoisotopic (exact) mass is 418 g/mol. The van der Waals surface area contributed by atoms with Crippen LogP contribution in [0.15, 0.2) is 0 Å². The lowest BCUT2D eigenvalue weighted by atomic mass is 10.4. The molecule has 0 fully saturated rings. The lowest BCUT2D eigenvalue weighted by Gasteiger charge is -2.03. The first-order valence-electron chi connectivity index (χ1n) is 8.44. The van der Waals surface area contributed by atoms with Gasteiger partial charge in [0.1, 0.15) is 0 Å². The minimum Gasteiger partial charge on any atom is -0.179 e. The number of hydrogen-bond acceptors (Lipinski definition) is 6. The molecule has 0 aromatic heterocycles. The van der Waals surface area contributed by atoms with Crippen molar-refractivity contribution in [3.8, 4) is 0 Å². The van der Waals surface area contributed by atoms with E-state index in [1.807, 2.05) is 0 Å². The summed E-state index contributed by atoms with van der Waals surface area (Å²) in [6, 6.07) is 0. The van der Waals surface area contributed by atoms with Gasteiger partial charge in [-0.3, -0.25) is 0 Å². The molecule has 0 unspecified atom stereocenters. The van der Waals surface area contributed by atoms with Crippen LogP contribution in [0.3, 0.4) is 0 Å². The fourth-order valence-corrected chi connectivity index (χ4v) is 6.49. The van der Waals surface area contributed by atoms with E-state index in [0.29, 0.717) is 0 Å². The summed E-state index contributed by atoms with van der Waals surface area (Å²) in [5.41, 5.74) is 0. The molecule has 0 atom stereocenters. The number of hydrogen-bond donors (Lipinski definition) is 2. The summed E-state index contributed by atoms with van der Waals surface area (Å²) in [7, 11) is 0. The van der Waals surface area contributed by atoms with E-state index < -0.39 is 0 Å². The van der Waals surface area contributed by atoms with Gasteiger partial charge < -0.3 is 0 Å². The van der Waals surface area contributed by atoms with Crippen LogP contribution in [-0.4, -0.2) is 57.5 Å². The van der Waals surface area contributed by atoms with E-state index in [-0.39, 0.29) is 0 Å². The molecule has 0 spiro atoms. The van der Waals surface area contributed by atoms with Gasteiger partial charge in [0.2, 0.25) is 0 Å². The van der Waals surface area contributed by atoms with E-state index >= 15 is 0 Å². The summed E-state index contributed by atoms with van der Waals surface area (Å²) in [6.07, 6.45) is 8.01. The summed E-state index contributed by atoms with van der Waals surface area (Å²) in [5.74, 6) is 12.8. The van der Waals surface area contributed by atoms with E-state index in [2.05, 4.69) is 72.3 Å². The molecule has 22 heavy (non-hydrogen) atoms. The molecule has 0 nitrogen and oxygen atoms in total. The molecule has 6 heteroatoms. The van der Waals surface area contributed by atoms with Crippen molar-refractivity contribution in [1.82, 2.24) is 0 Å². The number of unbranched alkanes of at least 4 members (excludes halogenated alkanes) is 1. The minimum absolute atomic E-state index is 1.04. The molecule has 0 bridgehead atoms. The average Bonchev–Trinajstić information content (AvgIpc) is 2.54. The van der Waals surface area contributed by atoms with Gasteiger partial charge in [0, 0.05) is 0 Å². The topological polar surface area (TPSA) is 0 Å². The molecule has 0 heterocycles. The molecule has 134 valence electrons. The first-order valence-corrected chi connectivity index (χ1v) is 14.3. The third-order valence-corrected chi connectivity index (χ3v) is 8.13. The quantitative estimate of drug-likeness (QED) is 0.191. The Morgan fingerprint density at radius 3 is 1.05 bits per heavy atom. The zero-order valence-electron chi connectivity index (χ0n) is 13.8. The van der Waals surface area contributed by atoms with E-state index in [4.69, 9.17) is 0 Å². The van der Waals surface area contributed by atoms with Crippen LogP contribution in [0, 0.1) is 0 Å². The van der Waals surface area contributed by atoms with Crippen LogP contribution in [0.1, 0.15) is 38.5 Å². The Balaban J connectivity index is 2.91. The zero-order valence-corrected chi connectivity index (χ0v) is 18.9. The van der Waals surface area contributed by atoms with Gasteiger partial charge in [0.15, 0.2) is 0 Å². The molecule has 0 aliphatic rings. The van der Waals surface area contributed by atoms with Gasteiger partial charge in [-0.1, -0.05) is 0 Å². The van der Waals surface area contributed by atoms with Crippen LogP contribution < -0.4 is 0 Å². The van der Waals surface area contributed by atoms with Gasteiger partial charge in [-0.2, -0.15) is 72.3 Å². The fourth-order valence-electron chi connectivity index (χ4n) is 1.68. The van der Waals surface area contributed by atoms with Crippen LogP contribution in [0.4, 0.5) is 0 Å². The number of thioether (sulfide) groups is 4. The molecule has 0 radical (unpaired) electrons. The van der Waals surface area contributed by atoms with Crippen LogP contribution >= 0.6 is 72.3 Å². The van der Waals surface area contributed by atoms with Gasteiger partial charge in [-0.25, -0.2) is 0 Å². The van der Waals surface area contributed by atoms with Crippen LogP contribution in [0.5, 0.6) is 0 Å². The van der Waals surface area contributed by atoms with Crippen molar-refractivity contribution in [1.29, 1.82) is 0 Å². The lowest BCUT2D eigenvalue weighted by molar-refractivity contribution is 0.908. The zero-order chi connectivity index (χ0) is 16.1. The summed E-state index contributed by atoms with van der Waals surface area (Å²) < 4.78 is 0. The molecule has 0 aliphatic carbocycles. The molecule has 0 aliphatic heterocycles. The highest BCUT2D eigenvalue weighted by Gasteiger charge is 1.95. The largest absolute Gasteiger partial charge is 0.179 e. The van der Waals surface area contributed by atoms with Gasteiger partial charge in [0.05, 0.1) is 0 Å². The summed E-state index contributed by atoms with van der Waals surface area (Å²) in [6.45, 7) is 0. The Hall–Kier alpha value is 2.10. The summed E-state index contributed by atoms with van der Waals surface area (Å²) in [5, 5.41) is 0. The Kier molecular flexibility index (Phi) is 25.3. The third-order valence-electron chi connectivity index (χ3n) is 2.88. The fraction of sp³-hybridized carbons (Fsp3) is 1.00. The van der Waals surface area contributed by atoms with Crippen molar-refractivity contribution in [2.24, 2.45) is 0 Å². The van der Waals surface area contributed by atoms with E-state index in [1.165, 1.54) is 84.5 Å². The van der Waals surface area contributed by atoms with E-state index in [1.54, 1.807) is 0 Å². The molecule has 0 saturated carbocycles. The Bertz CT molecular complexity index is 171. The van der Waals surface area contributed by atoms with Crippen molar-refractivity contribution in [2.45, 2.75) is 38.5 Å². The molecule has 0 saturated heterocycles. The maximum atomic E-state index is 4.24. The van der Waals surface area contributed by atoms with Crippen LogP contribution in [0.25, 0.3) is 0 Å². The molecule has 0 N–H and O–H groups in total. The van der Waals surface area contributed by atoms with Crippen molar-refractivity contribution >= 4 is 72.3 Å². The molecule has 0 aromatic carbocycles. The van der Waals surface area contributed by atoms with Gasteiger partial charge in [-0.15, -0.1) is 0 Å². The van der Waals surface area contributed by atoms with Crippen LogP contribution in [0.2, 0.25) is 0 Å². The van der Waals surface area contributed by atoms with Crippen LogP contribution in [-0.2, 0) is 0 Å². The van der Waals surface area contributed by atoms with Crippen molar-refractivity contribution < 1.29 is 0 Å². The van der Waals surface area contributed by atoms with Crippen molar-refractivity contribution in [3.63, 3.8) is 0 Å². The Morgan fingerprint density at radius 1 is 0.364 bits per heavy atom. The van der Waals surface area contributed by atoms with Gasteiger partial charge in [0.25, 0.3) is 0 Å². The maximum absolute atomic E-state index is 4.24. The maximum Gasteiger partial charge on any atom is -0.00597 e. The second kappa shape index (κ2) is 23.1. The smallest absolute Gasteiger partial charge is 0.00597 e. The van der Waals surface area contributed by atoms with Crippen molar-refractivity contribution in [2.75, 3.05) is 57.5 Å². The Labute approximate surface area is 167 Å². The standard InChI is InChI=1S/C16H34S6/c17-7-1-2-9-19-11-4-13-21-15-6-16-22-14-5-12-20-10-3-8-18/h17-18H,1-16H2. The highest BCUT2D eigenvalue weighted by atomic mass is 32.2. The SMILES string of the molecule is SCCCCSCCCSCCCSCCCSCCCS. The second-order valence-electron chi connectivity index (χ2n) is 5.02. The molecule has 0 aromatic rings. The lowest BCUT2D eigenvalue weighted by Crippen LogP contribution is -1.92. The average molecular weight is 419 g/mol.